The van der Waals surface area contributed by atoms with Crippen molar-refractivity contribution in [3.63, 3.8) is 0 Å². The van der Waals surface area contributed by atoms with Crippen molar-refractivity contribution >= 4 is 0 Å². The summed E-state index contributed by atoms with van der Waals surface area (Å²) in [7, 11) is 0. The van der Waals surface area contributed by atoms with Crippen LogP contribution in [0, 0.1) is 5.41 Å². The second-order valence-electron chi connectivity index (χ2n) is 6.44. The Bertz CT molecular complexity index is 449. The Morgan fingerprint density at radius 1 is 1.39 bits per heavy atom. The first-order chi connectivity index (χ1) is 8.62. The van der Waals surface area contributed by atoms with Crippen molar-refractivity contribution in [2.75, 3.05) is 6.54 Å². The average Bonchev–Trinajstić information content (AvgIpc) is 3.23. The minimum Gasteiger partial charge on any atom is -0.313 e. The van der Waals surface area contributed by atoms with Crippen molar-refractivity contribution in [1.29, 1.82) is 0 Å². The summed E-state index contributed by atoms with van der Waals surface area (Å²) >= 11 is 0. The maximum atomic E-state index is 4.89. The summed E-state index contributed by atoms with van der Waals surface area (Å²) < 4.78 is 0. The SMILES string of the molecule is CCNCc1cnc(C2CC2(C)C)nc1C1CC1. The van der Waals surface area contributed by atoms with Gasteiger partial charge >= 0.3 is 0 Å². The third-order valence-electron chi connectivity index (χ3n) is 4.27. The molecule has 0 amide bonds. The summed E-state index contributed by atoms with van der Waals surface area (Å²) in [6.07, 6.45) is 5.92. The van der Waals surface area contributed by atoms with E-state index in [1.807, 2.05) is 0 Å². The fraction of sp³-hybridized carbons (Fsp3) is 0.733. The summed E-state index contributed by atoms with van der Waals surface area (Å²) in [6.45, 7) is 8.67. The Morgan fingerprint density at radius 2 is 2.11 bits per heavy atom. The smallest absolute Gasteiger partial charge is 0.132 e. The molecule has 2 fully saturated rings. The zero-order valence-corrected chi connectivity index (χ0v) is 11.7. The van der Waals surface area contributed by atoms with Crippen LogP contribution in [0.25, 0.3) is 0 Å². The summed E-state index contributed by atoms with van der Waals surface area (Å²) in [4.78, 5) is 9.50. The molecule has 18 heavy (non-hydrogen) atoms. The Hall–Kier alpha value is -0.960. The van der Waals surface area contributed by atoms with E-state index in [1.54, 1.807) is 0 Å². The number of nitrogens with one attached hydrogen (secondary N) is 1. The van der Waals surface area contributed by atoms with Gasteiger partial charge in [-0.1, -0.05) is 20.8 Å². The Morgan fingerprint density at radius 3 is 2.67 bits per heavy atom. The molecule has 0 bridgehead atoms. The minimum atomic E-state index is 0.421. The first kappa shape index (κ1) is 12.1. The van der Waals surface area contributed by atoms with E-state index < -0.39 is 0 Å². The van der Waals surface area contributed by atoms with Crippen molar-refractivity contribution in [2.24, 2.45) is 5.41 Å². The molecule has 0 spiro atoms. The highest BCUT2D eigenvalue weighted by molar-refractivity contribution is 5.28. The normalized spacial score (nSPS) is 25.2. The molecule has 98 valence electrons. The highest BCUT2D eigenvalue weighted by Crippen LogP contribution is 2.57. The van der Waals surface area contributed by atoms with Crippen LogP contribution in [0.1, 0.15) is 69.0 Å². The highest BCUT2D eigenvalue weighted by atomic mass is 14.9. The maximum Gasteiger partial charge on any atom is 0.132 e. The molecule has 3 nitrogen and oxygen atoms in total. The molecule has 0 aromatic carbocycles. The molecule has 3 rings (SSSR count). The van der Waals surface area contributed by atoms with Gasteiger partial charge in [-0.3, -0.25) is 0 Å². The van der Waals surface area contributed by atoms with Crippen LogP contribution in [-0.4, -0.2) is 16.5 Å². The van der Waals surface area contributed by atoms with Crippen LogP contribution in [0.3, 0.4) is 0 Å². The van der Waals surface area contributed by atoms with Gasteiger partial charge in [0.25, 0.3) is 0 Å². The van der Waals surface area contributed by atoms with Crippen LogP contribution < -0.4 is 5.32 Å². The van der Waals surface area contributed by atoms with Gasteiger partial charge in [0, 0.05) is 30.1 Å². The molecule has 1 atom stereocenters. The minimum absolute atomic E-state index is 0.421. The molecule has 1 N–H and O–H groups in total. The quantitative estimate of drug-likeness (QED) is 0.866. The van der Waals surface area contributed by atoms with Crippen molar-refractivity contribution < 1.29 is 0 Å². The predicted octanol–water partition coefficient (Wildman–Crippen LogP) is 2.98. The first-order valence-electron chi connectivity index (χ1n) is 7.18. The lowest BCUT2D eigenvalue weighted by Gasteiger charge is -2.10. The molecule has 0 radical (unpaired) electrons. The standard InChI is InChI=1S/C15H23N3/c1-4-16-8-11-9-17-14(12-7-15(12,2)3)18-13(11)10-5-6-10/h9-10,12,16H,4-8H2,1-3H3. The van der Waals surface area contributed by atoms with Crippen molar-refractivity contribution in [2.45, 2.75) is 58.4 Å². The monoisotopic (exact) mass is 245 g/mol. The molecule has 3 heteroatoms. The van der Waals surface area contributed by atoms with Crippen molar-refractivity contribution in [3.8, 4) is 0 Å². The lowest BCUT2D eigenvalue weighted by molar-refractivity contribution is 0.604. The molecule has 1 heterocycles. The molecule has 2 aliphatic rings. The van der Waals surface area contributed by atoms with Gasteiger partial charge in [0.05, 0.1) is 5.69 Å². The molecule has 1 aromatic rings. The van der Waals surface area contributed by atoms with E-state index in [0.717, 1.165) is 18.9 Å². The van der Waals surface area contributed by atoms with Crippen LogP contribution >= 0.6 is 0 Å². The van der Waals surface area contributed by atoms with E-state index in [4.69, 9.17) is 4.98 Å². The van der Waals surface area contributed by atoms with Crippen LogP contribution in [0.2, 0.25) is 0 Å². The molecule has 1 aromatic heterocycles. The maximum absolute atomic E-state index is 4.89. The van der Waals surface area contributed by atoms with Gasteiger partial charge in [0.2, 0.25) is 0 Å². The van der Waals surface area contributed by atoms with Crippen LogP contribution in [0.15, 0.2) is 6.20 Å². The third-order valence-corrected chi connectivity index (χ3v) is 4.27. The van der Waals surface area contributed by atoms with E-state index in [0.29, 0.717) is 17.3 Å². The third kappa shape index (κ3) is 2.28. The van der Waals surface area contributed by atoms with E-state index in [1.165, 1.54) is 30.5 Å². The van der Waals surface area contributed by atoms with Crippen molar-refractivity contribution in [1.82, 2.24) is 15.3 Å². The largest absolute Gasteiger partial charge is 0.313 e. The summed E-state index contributed by atoms with van der Waals surface area (Å²) in [5.74, 6) is 2.38. The lowest BCUT2D eigenvalue weighted by Crippen LogP contribution is -2.15. The first-order valence-corrected chi connectivity index (χ1v) is 7.18. The van der Waals surface area contributed by atoms with Gasteiger partial charge in [-0.05, 0) is 31.2 Å². The van der Waals surface area contributed by atoms with Gasteiger partial charge in [-0.15, -0.1) is 0 Å². The molecule has 2 saturated carbocycles. The van der Waals surface area contributed by atoms with E-state index >= 15 is 0 Å². The predicted molar refractivity (Wildman–Crippen MR) is 72.5 cm³/mol. The van der Waals surface area contributed by atoms with Gasteiger partial charge in [-0.25, -0.2) is 9.97 Å². The van der Waals surface area contributed by atoms with Gasteiger partial charge < -0.3 is 5.32 Å². The second-order valence-corrected chi connectivity index (χ2v) is 6.44. The Balaban J connectivity index is 1.84. The van der Waals surface area contributed by atoms with E-state index in [9.17, 15) is 0 Å². The number of nitrogens with zero attached hydrogens (tertiary/aromatic N) is 2. The van der Waals surface area contributed by atoms with Crippen LogP contribution in [0.5, 0.6) is 0 Å². The Kier molecular flexibility index (Phi) is 2.89. The number of rotatable bonds is 5. The summed E-state index contributed by atoms with van der Waals surface area (Å²) in [5.41, 5.74) is 3.05. The van der Waals surface area contributed by atoms with Crippen LogP contribution in [0.4, 0.5) is 0 Å². The topological polar surface area (TPSA) is 37.8 Å². The number of hydrogen-bond acceptors (Lipinski definition) is 3. The van der Waals surface area contributed by atoms with E-state index in [-0.39, 0.29) is 0 Å². The lowest BCUT2D eigenvalue weighted by atomic mass is 10.1. The second kappa shape index (κ2) is 4.30. The zero-order chi connectivity index (χ0) is 12.8. The molecular formula is C15H23N3. The average molecular weight is 245 g/mol. The Labute approximate surface area is 109 Å². The number of aromatic nitrogens is 2. The summed E-state index contributed by atoms with van der Waals surface area (Å²) in [5, 5.41) is 3.39. The van der Waals surface area contributed by atoms with Crippen molar-refractivity contribution in [3.05, 3.63) is 23.3 Å². The van der Waals surface area contributed by atoms with E-state index in [2.05, 4.69) is 37.3 Å². The molecular weight excluding hydrogens is 222 g/mol. The fourth-order valence-electron chi connectivity index (χ4n) is 2.62. The number of hydrogen-bond donors (Lipinski definition) is 1. The molecule has 0 saturated heterocycles. The fourth-order valence-corrected chi connectivity index (χ4v) is 2.62. The zero-order valence-electron chi connectivity index (χ0n) is 11.7. The highest BCUT2D eigenvalue weighted by Gasteiger charge is 2.48. The van der Waals surface area contributed by atoms with Crippen LogP contribution in [-0.2, 0) is 6.54 Å². The van der Waals surface area contributed by atoms with Gasteiger partial charge in [-0.2, -0.15) is 0 Å². The molecule has 0 aliphatic heterocycles. The van der Waals surface area contributed by atoms with Gasteiger partial charge in [0.15, 0.2) is 0 Å². The summed E-state index contributed by atoms with van der Waals surface area (Å²) in [6, 6.07) is 0. The van der Waals surface area contributed by atoms with Gasteiger partial charge in [0.1, 0.15) is 5.82 Å². The molecule has 1 unspecified atom stereocenters. The molecule has 2 aliphatic carbocycles.